The summed E-state index contributed by atoms with van der Waals surface area (Å²) in [6.45, 7) is 1.03. The molecule has 1 aromatic rings. The number of rotatable bonds is 4. The van der Waals surface area contributed by atoms with Crippen LogP contribution in [0, 0.1) is 0 Å². The molecule has 0 saturated carbocycles. The fourth-order valence-corrected chi connectivity index (χ4v) is 1.72. The fourth-order valence-electron chi connectivity index (χ4n) is 1.72. The minimum Gasteiger partial charge on any atom is -0.497 e. The summed E-state index contributed by atoms with van der Waals surface area (Å²) in [5, 5.41) is 0. The van der Waals surface area contributed by atoms with Crippen molar-refractivity contribution < 1.29 is 9.47 Å². The third-order valence-electron chi connectivity index (χ3n) is 2.57. The Kier molecular flexibility index (Phi) is 3.41. The van der Waals surface area contributed by atoms with Crippen molar-refractivity contribution in [2.24, 2.45) is 10.7 Å². The van der Waals surface area contributed by atoms with Gasteiger partial charge in [0.2, 0.25) is 0 Å². The van der Waals surface area contributed by atoms with Gasteiger partial charge in [0.1, 0.15) is 12.4 Å². The van der Waals surface area contributed by atoms with Crippen molar-refractivity contribution in [2.45, 2.75) is 12.5 Å². The average Bonchev–Trinajstić information content (AvgIpc) is 2.78. The quantitative estimate of drug-likeness (QED) is 0.823. The van der Waals surface area contributed by atoms with Crippen LogP contribution in [0.1, 0.15) is 5.56 Å². The van der Waals surface area contributed by atoms with Crippen LogP contribution in [-0.2, 0) is 11.2 Å². The van der Waals surface area contributed by atoms with Crippen LogP contribution < -0.4 is 10.5 Å². The number of aliphatic imine (C=N–C) groups is 1. The minimum absolute atomic E-state index is 0.201. The maximum absolute atomic E-state index is 5.45. The normalized spacial score (nSPS) is 19.1. The molecule has 2 rings (SSSR count). The molecule has 1 aliphatic heterocycles. The van der Waals surface area contributed by atoms with E-state index in [1.54, 1.807) is 7.11 Å². The molecular weight excluding hydrogens is 204 g/mol. The van der Waals surface area contributed by atoms with E-state index in [-0.39, 0.29) is 6.04 Å². The van der Waals surface area contributed by atoms with E-state index in [2.05, 4.69) is 17.1 Å². The molecule has 0 aromatic heterocycles. The lowest BCUT2D eigenvalue weighted by Gasteiger charge is -2.06. The minimum atomic E-state index is 0.201. The lowest BCUT2D eigenvalue weighted by molar-refractivity contribution is 0.312. The first-order valence-electron chi connectivity index (χ1n) is 5.34. The van der Waals surface area contributed by atoms with Crippen LogP contribution in [0.4, 0.5) is 0 Å². The van der Waals surface area contributed by atoms with Crippen molar-refractivity contribution in [2.75, 3.05) is 20.3 Å². The topological polar surface area (TPSA) is 56.8 Å². The average molecular weight is 220 g/mol. The molecule has 1 heterocycles. The van der Waals surface area contributed by atoms with Crippen LogP contribution in [0.3, 0.4) is 0 Å². The number of ether oxygens (including phenoxy) is 2. The molecule has 0 bridgehead atoms. The molecule has 4 heteroatoms. The van der Waals surface area contributed by atoms with E-state index in [1.165, 1.54) is 5.56 Å². The van der Waals surface area contributed by atoms with Crippen molar-refractivity contribution in [1.82, 2.24) is 0 Å². The van der Waals surface area contributed by atoms with Crippen molar-refractivity contribution in [3.05, 3.63) is 29.8 Å². The molecule has 16 heavy (non-hydrogen) atoms. The van der Waals surface area contributed by atoms with Gasteiger partial charge < -0.3 is 15.2 Å². The third-order valence-corrected chi connectivity index (χ3v) is 2.57. The third kappa shape index (κ3) is 2.52. The number of nitrogens with zero attached hydrogens (tertiary/aromatic N) is 1. The Morgan fingerprint density at radius 2 is 2.19 bits per heavy atom. The molecule has 0 saturated heterocycles. The Bertz CT molecular complexity index is 373. The second-order valence-corrected chi connectivity index (χ2v) is 3.74. The summed E-state index contributed by atoms with van der Waals surface area (Å²) in [5.41, 5.74) is 6.69. The highest BCUT2D eigenvalue weighted by Crippen LogP contribution is 2.15. The van der Waals surface area contributed by atoms with Crippen LogP contribution in [0.5, 0.6) is 5.75 Å². The second-order valence-electron chi connectivity index (χ2n) is 3.74. The van der Waals surface area contributed by atoms with Gasteiger partial charge in [-0.2, -0.15) is 0 Å². The predicted molar refractivity (Wildman–Crippen MR) is 62.9 cm³/mol. The smallest absolute Gasteiger partial charge is 0.197 e. The van der Waals surface area contributed by atoms with Gasteiger partial charge in [-0.25, -0.2) is 4.99 Å². The SMILES string of the molecule is COc1ccc(CC2COC(CN)=N2)cc1. The van der Waals surface area contributed by atoms with Gasteiger partial charge in [-0.05, 0) is 24.1 Å². The predicted octanol–water partition coefficient (Wildman–Crippen LogP) is 0.994. The highest BCUT2D eigenvalue weighted by Gasteiger charge is 2.17. The first kappa shape index (κ1) is 11.0. The van der Waals surface area contributed by atoms with Crippen molar-refractivity contribution in [3.8, 4) is 5.75 Å². The number of methoxy groups -OCH3 is 1. The van der Waals surface area contributed by atoms with Crippen LogP contribution in [-0.4, -0.2) is 32.2 Å². The highest BCUT2D eigenvalue weighted by atomic mass is 16.5. The van der Waals surface area contributed by atoms with E-state index in [0.717, 1.165) is 12.2 Å². The van der Waals surface area contributed by atoms with Gasteiger partial charge in [-0.3, -0.25) is 0 Å². The zero-order valence-corrected chi connectivity index (χ0v) is 9.35. The summed E-state index contributed by atoms with van der Waals surface area (Å²) < 4.78 is 10.4. The van der Waals surface area contributed by atoms with E-state index < -0.39 is 0 Å². The van der Waals surface area contributed by atoms with Crippen molar-refractivity contribution in [3.63, 3.8) is 0 Å². The molecule has 1 unspecified atom stereocenters. The summed E-state index contributed by atoms with van der Waals surface area (Å²) in [6, 6.07) is 8.22. The molecule has 86 valence electrons. The van der Waals surface area contributed by atoms with E-state index in [4.69, 9.17) is 15.2 Å². The molecule has 4 nitrogen and oxygen atoms in total. The Morgan fingerprint density at radius 1 is 1.44 bits per heavy atom. The first-order chi connectivity index (χ1) is 7.81. The Labute approximate surface area is 95.1 Å². The lowest BCUT2D eigenvalue weighted by Crippen LogP contribution is -2.13. The molecular formula is C12H16N2O2. The van der Waals surface area contributed by atoms with Gasteiger partial charge in [0.15, 0.2) is 5.90 Å². The van der Waals surface area contributed by atoms with Gasteiger partial charge in [0.05, 0.1) is 19.7 Å². The summed E-state index contributed by atoms with van der Waals surface area (Å²) in [6.07, 6.45) is 0.882. The van der Waals surface area contributed by atoms with Gasteiger partial charge in [0.25, 0.3) is 0 Å². The maximum atomic E-state index is 5.45. The number of hydrogen-bond acceptors (Lipinski definition) is 4. The molecule has 0 amide bonds. The standard InChI is InChI=1S/C12H16N2O2/c1-15-11-4-2-9(3-5-11)6-10-8-16-12(7-13)14-10/h2-5,10H,6-8,13H2,1H3. The zero-order valence-electron chi connectivity index (χ0n) is 9.35. The van der Waals surface area contributed by atoms with Crippen LogP contribution >= 0.6 is 0 Å². The van der Waals surface area contributed by atoms with Crippen LogP contribution in [0.15, 0.2) is 29.3 Å². The number of benzene rings is 1. The lowest BCUT2D eigenvalue weighted by atomic mass is 10.1. The van der Waals surface area contributed by atoms with Crippen molar-refractivity contribution in [1.29, 1.82) is 0 Å². The van der Waals surface area contributed by atoms with Gasteiger partial charge in [-0.15, -0.1) is 0 Å². The molecule has 0 fully saturated rings. The monoisotopic (exact) mass is 220 g/mol. The number of nitrogens with two attached hydrogens (primary N) is 1. The molecule has 1 aliphatic rings. The first-order valence-corrected chi connectivity index (χ1v) is 5.34. The molecule has 1 aromatic carbocycles. The molecule has 2 N–H and O–H groups in total. The number of hydrogen-bond donors (Lipinski definition) is 1. The summed E-state index contributed by atoms with van der Waals surface area (Å²) >= 11 is 0. The van der Waals surface area contributed by atoms with E-state index >= 15 is 0 Å². The Balaban J connectivity index is 1.96. The summed E-state index contributed by atoms with van der Waals surface area (Å²) in [5.74, 6) is 1.54. The second kappa shape index (κ2) is 4.99. The van der Waals surface area contributed by atoms with E-state index in [1.807, 2.05) is 12.1 Å². The van der Waals surface area contributed by atoms with E-state index in [0.29, 0.717) is 19.0 Å². The Hall–Kier alpha value is -1.55. The summed E-state index contributed by atoms with van der Waals surface area (Å²) in [4.78, 5) is 4.38. The van der Waals surface area contributed by atoms with Gasteiger partial charge in [0, 0.05) is 0 Å². The Morgan fingerprint density at radius 3 is 2.75 bits per heavy atom. The summed E-state index contributed by atoms with van der Waals surface area (Å²) in [7, 11) is 1.66. The zero-order chi connectivity index (χ0) is 11.4. The highest BCUT2D eigenvalue weighted by molar-refractivity contribution is 5.79. The molecule has 0 radical (unpaired) electrons. The van der Waals surface area contributed by atoms with Gasteiger partial charge in [-0.1, -0.05) is 12.1 Å². The molecule has 1 atom stereocenters. The fraction of sp³-hybridized carbons (Fsp3) is 0.417. The van der Waals surface area contributed by atoms with Crippen LogP contribution in [0.25, 0.3) is 0 Å². The van der Waals surface area contributed by atoms with Crippen molar-refractivity contribution >= 4 is 5.90 Å². The molecule has 0 aliphatic carbocycles. The van der Waals surface area contributed by atoms with Gasteiger partial charge >= 0.3 is 0 Å². The maximum Gasteiger partial charge on any atom is 0.197 e. The van der Waals surface area contributed by atoms with Crippen LogP contribution in [0.2, 0.25) is 0 Å². The molecule has 0 spiro atoms. The van der Waals surface area contributed by atoms with E-state index in [9.17, 15) is 0 Å². The largest absolute Gasteiger partial charge is 0.497 e.